The number of fused-ring (bicyclic) bond motifs is 3. The monoisotopic (exact) mass is 474 g/mol. The maximum absolute atomic E-state index is 13.1. The number of hydrogen-bond donors (Lipinski definition) is 2. The standard InChI is InChI=1S/C23H18N6O2S2/c30-19-16(15-10-24-21-13(15)3-8-32-21)17(20(31)26-19)18-14-4-9-33-22(14)27-23(25-18)29-7-6-28-5-1-2-12(28)11-29/h1,3-5,8-10,12,24H,2,6-7,11H2,(H,26,30,31)/t12-/m0/s1. The Morgan fingerprint density at radius 1 is 1.00 bits per heavy atom. The lowest BCUT2D eigenvalue weighted by Gasteiger charge is -2.38. The summed E-state index contributed by atoms with van der Waals surface area (Å²) < 4.78 is 0. The second-order valence-corrected chi connectivity index (χ2v) is 10.2. The summed E-state index contributed by atoms with van der Waals surface area (Å²) in [5.74, 6) is -0.196. The molecule has 0 saturated carbocycles. The number of piperazine rings is 1. The van der Waals surface area contributed by atoms with Gasteiger partial charge in [0.2, 0.25) is 5.95 Å². The van der Waals surface area contributed by atoms with Crippen molar-refractivity contribution in [3.8, 4) is 0 Å². The molecule has 164 valence electrons. The van der Waals surface area contributed by atoms with Crippen LogP contribution in [-0.2, 0) is 9.59 Å². The summed E-state index contributed by atoms with van der Waals surface area (Å²) in [6.07, 6.45) is 7.19. The third-order valence-corrected chi connectivity index (χ3v) is 8.22. The molecular formula is C23H18N6O2S2. The van der Waals surface area contributed by atoms with Crippen LogP contribution in [0.2, 0.25) is 0 Å². The van der Waals surface area contributed by atoms with Crippen molar-refractivity contribution in [1.29, 1.82) is 0 Å². The first-order valence-electron chi connectivity index (χ1n) is 10.8. The molecule has 0 aromatic carbocycles. The number of aromatic amines is 1. The van der Waals surface area contributed by atoms with Gasteiger partial charge in [0.1, 0.15) is 9.66 Å². The van der Waals surface area contributed by atoms with Gasteiger partial charge in [-0.15, -0.1) is 22.7 Å². The second kappa shape index (κ2) is 7.00. The molecule has 3 aliphatic heterocycles. The molecule has 4 aromatic rings. The number of anilines is 1. The quantitative estimate of drug-likeness (QED) is 0.443. The first kappa shape index (κ1) is 19.0. The van der Waals surface area contributed by atoms with Gasteiger partial charge >= 0.3 is 0 Å². The van der Waals surface area contributed by atoms with Crippen molar-refractivity contribution in [2.24, 2.45) is 0 Å². The highest BCUT2D eigenvalue weighted by atomic mass is 32.1. The molecule has 7 rings (SSSR count). The van der Waals surface area contributed by atoms with Crippen molar-refractivity contribution in [3.05, 3.63) is 52.6 Å². The highest BCUT2D eigenvalue weighted by Crippen LogP contribution is 2.39. The molecule has 4 aromatic heterocycles. The number of carbonyl (C=O) groups excluding carboxylic acids is 2. The summed E-state index contributed by atoms with van der Waals surface area (Å²) in [6.45, 7) is 2.55. The molecule has 1 atom stereocenters. The number of nitrogens with one attached hydrogen (secondary N) is 2. The molecule has 1 fully saturated rings. The van der Waals surface area contributed by atoms with Gasteiger partial charge in [0, 0.05) is 48.2 Å². The lowest BCUT2D eigenvalue weighted by molar-refractivity contribution is -0.122. The Kier molecular flexibility index (Phi) is 4.03. The fourth-order valence-corrected chi connectivity index (χ4v) is 6.51. The molecule has 7 heterocycles. The molecule has 0 spiro atoms. The lowest BCUT2D eigenvalue weighted by atomic mass is 9.98. The molecule has 0 aliphatic carbocycles. The third kappa shape index (κ3) is 2.80. The highest BCUT2D eigenvalue weighted by molar-refractivity contribution is 7.17. The van der Waals surface area contributed by atoms with Crippen molar-refractivity contribution in [2.75, 3.05) is 24.5 Å². The second-order valence-electron chi connectivity index (χ2n) is 8.37. The Balaban J connectivity index is 1.41. The van der Waals surface area contributed by atoms with Crippen LogP contribution < -0.4 is 10.2 Å². The topological polar surface area (TPSA) is 94.2 Å². The normalized spacial score (nSPS) is 20.5. The number of nitrogens with zero attached hydrogens (tertiary/aromatic N) is 4. The van der Waals surface area contributed by atoms with Crippen LogP contribution >= 0.6 is 22.7 Å². The van der Waals surface area contributed by atoms with Crippen LogP contribution in [0.4, 0.5) is 5.95 Å². The Bertz CT molecular complexity index is 1530. The zero-order valence-corrected chi connectivity index (χ0v) is 19.0. The van der Waals surface area contributed by atoms with Crippen molar-refractivity contribution < 1.29 is 9.59 Å². The van der Waals surface area contributed by atoms with Crippen LogP contribution in [0.5, 0.6) is 0 Å². The lowest BCUT2D eigenvalue weighted by Crippen LogP contribution is -2.49. The minimum Gasteiger partial charge on any atom is -0.371 e. The number of amides is 2. The molecule has 10 heteroatoms. The molecule has 0 unspecified atom stereocenters. The van der Waals surface area contributed by atoms with E-state index in [0.29, 0.717) is 28.8 Å². The minimum atomic E-state index is -0.415. The van der Waals surface area contributed by atoms with Crippen LogP contribution in [0.1, 0.15) is 17.7 Å². The molecule has 0 radical (unpaired) electrons. The fraction of sp³-hybridized carbons (Fsp3) is 0.217. The Morgan fingerprint density at radius 2 is 1.85 bits per heavy atom. The van der Waals surface area contributed by atoms with E-state index in [4.69, 9.17) is 9.97 Å². The number of imide groups is 1. The van der Waals surface area contributed by atoms with Gasteiger partial charge in [0.25, 0.3) is 11.8 Å². The number of hydrogen-bond acceptors (Lipinski definition) is 8. The van der Waals surface area contributed by atoms with Gasteiger partial charge in [-0.05, 0) is 35.5 Å². The van der Waals surface area contributed by atoms with Gasteiger partial charge < -0.3 is 14.8 Å². The van der Waals surface area contributed by atoms with Gasteiger partial charge in [-0.2, -0.15) is 0 Å². The maximum Gasteiger partial charge on any atom is 0.261 e. The SMILES string of the molecule is O=C1NC(=O)C(c2c[nH]c3sccc23)=C1c1nc(N2CCN3C=CC[C@H]3C2)nc2sccc12. The molecule has 0 bridgehead atoms. The number of thiophene rings is 2. The minimum absolute atomic E-state index is 0.320. The number of aromatic nitrogens is 3. The van der Waals surface area contributed by atoms with E-state index >= 15 is 0 Å². The van der Waals surface area contributed by atoms with E-state index < -0.39 is 11.8 Å². The summed E-state index contributed by atoms with van der Waals surface area (Å²) in [4.78, 5) is 45.3. The van der Waals surface area contributed by atoms with E-state index in [1.54, 1.807) is 17.5 Å². The predicted molar refractivity (Wildman–Crippen MR) is 130 cm³/mol. The van der Waals surface area contributed by atoms with Gasteiger partial charge in [0.05, 0.1) is 16.8 Å². The summed E-state index contributed by atoms with van der Waals surface area (Å²) in [6, 6.07) is 4.31. The van der Waals surface area contributed by atoms with E-state index in [0.717, 1.165) is 52.1 Å². The van der Waals surface area contributed by atoms with Crippen LogP contribution in [0.15, 0.2) is 41.4 Å². The van der Waals surface area contributed by atoms with Crippen molar-refractivity contribution in [1.82, 2.24) is 25.2 Å². The molecule has 2 N–H and O–H groups in total. The molecule has 33 heavy (non-hydrogen) atoms. The zero-order chi connectivity index (χ0) is 22.1. The van der Waals surface area contributed by atoms with Gasteiger partial charge in [-0.3, -0.25) is 14.9 Å². The Hall–Kier alpha value is -3.50. The first-order valence-corrected chi connectivity index (χ1v) is 12.5. The average molecular weight is 475 g/mol. The molecule has 1 saturated heterocycles. The van der Waals surface area contributed by atoms with E-state index in [1.165, 1.54) is 11.3 Å². The maximum atomic E-state index is 13.1. The summed E-state index contributed by atoms with van der Waals surface area (Å²) in [7, 11) is 0. The average Bonchev–Trinajstić information content (AvgIpc) is 3.61. The molecule has 3 aliphatic rings. The zero-order valence-electron chi connectivity index (χ0n) is 17.4. The van der Waals surface area contributed by atoms with Gasteiger partial charge in [0.15, 0.2) is 0 Å². The Morgan fingerprint density at radius 3 is 2.79 bits per heavy atom. The largest absolute Gasteiger partial charge is 0.371 e. The van der Waals surface area contributed by atoms with E-state index in [1.807, 2.05) is 22.9 Å². The van der Waals surface area contributed by atoms with Crippen molar-refractivity contribution in [2.45, 2.75) is 12.5 Å². The smallest absolute Gasteiger partial charge is 0.261 e. The molecule has 8 nitrogen and oxygen atoms in total. The third-order valence-electron chi connectivity index (χ3n) is 6.57. The predicted octanol–water partition coefficient (Wildman–Crippen LogP) is 3.21. The van der Waals surface area contributed by atoms with Gasteiger partial charge in [-0.1, -0.05) is 6.08 Å². The van der Waals surface area contributed by atoms with Crippen LogP contribution in [0.3, 0.4) is 0 Å². The highest BCUT2D eigenvalue weighted by Gasteiger charge is 2.36. The van der Waals surface area contributed by atoms with E-state index in [2.05, 4.69) is 32.4 Å². The first-order chi connectivity index (χ1) is 16.2. The molecule has 2 amide bonds. The van der Waals surface area contributed by atoms with Crippen LogP contribution in [-0.4, -0.2) is 57.3 Å². The van der Waals surface area contributed by atoms with E-state index in [-0.39, 0.29) is 0 Å². The fourth-order valence-electron chi connectivity index (χ4n) is 4.98. The number of carbonyl (C=O) groups is 2. The Labute approximate surface area is 196 Å². The van der Waals surface area contributed by atoms with Crippen LogP contribution in [0.25, 0.3) is 31.6 Å². The molecular weight excluding hydrogens is 456 g/mol. The van der Waals surface area contributed by atoms with Crippen molar-refractivity contribution in [3.63, 3.8) is 0 Å². The summed E-state index contributed by atoms with van der Waals surface area (Å²) >= 11 is 3.08. The van der Waals surface area contributed by atoms with Crippen molar-refractivity contribution >= 4 is 72.0 Å². The van der Waals surface area contributed by atoms with Crippen LogP contribution in [0, 0.1) is 0 Å². The number of rotatable bonds is 3. The van der Waals surface area contributed by atoms with E-state index in [9.17, 15) is 9.59 Å². The summed E-state index contributed by atoms with van der Waals surface area (Å²) in [5.41, 5.74) is 1.93. The number of H-pyrrole nitrogens is 1. The van der Waals surface area contributed by atoms with Gasteiger partial charge in [-0.25, -0.2) is 9.97 Å². The summed E-state index contributed by atoms with van der Waals surface area (Å²) in [5, 5.41) is 8.14.